The molecule has 2 aromatic rings. The van der Waals surface area contributed by atoms with E-state index in [-0.39, 0.29) is 5.04 Å². The molecule has 1 saturated carbocycles. The van der Waals surface area contributed by atoms with E-state index >= 15 is 0 Å². The Morgan fingerprint density at radius 3 is 1.43 bits per heavy atom. The summed E-state index contributed by atoms with van der Waals surface area (Å²) in [7, 11) is -2.92. The smallest absolute Gasteiger partial charge is 0.261 e. The summed E-state index contributed by atoms with van der Waals surface area (Å²) in [6.07, 6.45) is -3.53. The summed E-state index contributed by atoms with van der Waals surface area (Å²) in [6, 6.07) is 21.0. The van der Waals surface area contributed by atoms with Gasteiger partial charge in [0.15, 0.2) is 11.6 Å². The summed E-state index contributed by atoms with van der Waals surface area (Å²) in [6.45, 7) is 14.2. The Balaban J connectivity index is 1.68. The lowest BCUT2D eigenvalue weighted by atomic mass is 9.85. The molecule has 2 aromatic carbocycles. The van der Waals surface area contributed by atoms with Gasteiger partial charge in [-0.3, -0.25) is 0 Å². The van der Waals surface area contributed by atoms with Crippen LogP contribution in [0.4, 0.5) is 0 Å². The zero-order chi connectivity index (χ0) is 25.2. The Morgan fingerprint density at radius 1 is 0.686 bits per heavy atom. The summed E-state index contributed by atoms with van der Waals surface area (Å²) in [5.41, 5.74) is 0. The van der Waals surface area contributed by atoms with Crippen molar-refractivity contribution in [2.75, 3.05) is 0 Å². The molecular weight excluding hydrogens is 460 g/mol. The van der Waals surface area contributed by atoms with Crippen molar-refractivity contribution in [3.8, 4) is 0 Å². The Morgan fingerprint density at radius 2 is 1.06 bits per heavy atom. The average molecular weight is 499 g/mol. The maximum absolute atomic E-state index is 11.3. The number of rotatable bonds is 4. The number of aliphatic hydroxyl groups is 1. The zero-order valence-corrected chi connectivity index (χ0v) is 22.7. The van der Waals surface area contributed by atoms with Gasteiger partial charge < -0.3 is 28.5 Å². The molecular formula is C28H38O6Si. The van der Waals surface area contributed by atoms with Crippen LogP contribution >= 0.6 is 0 Å². The van der Waals surface area contributed by atoms with Gasteiger partial charge in [-0.15, -0.1) is 0 Å². The first-order chi connectivity index (χ1) is 16.3. The van der Waals surface area contributed by atoms with Crippen molar-refractivity contribution >= 4 is 18.7 Å². The molecule has 2 saturated heterocycles. The second kappa shape index (κ2) is 8.48. The molecule has 1 aliphatic carbocycles. The molecule has 0 bridgehead atoms. The van der Waals surface area contributed by atoms with E-state index in [1.165, 1.54) is 10.4 Å². The van der Waals surface area contributed by atoms with E-state index in [2.05, 4.69) is 69.3 Å². The molecule has 2 heterocycles. The number of benzene rings is 2. The zero-order valence-electron chi connectivity index (χ0n) is 21.7. The topological polar surface area (TPSA) is 66.4 Å². The first-order valence-electron chi connectivity index (χ1n) is 12.5. The van der Waals surface area contributed by atoms with Gasteiger partial charge in [0.1, 0.15) is 36.6 Å². The standard InChI is InChI=1S/C28H38O6Si/c1-26(2,3)35(18-14-10-8-11-15-18,19-16-12-9-13-17-19)34-25-23-21(30-27(4,5)32-23)20(29)22-24(25)33-28(6,7)31-22/h8-17,20-25,29H,1-7H3/t20?,21-,22?,23?,24+,25?/m0/s1. The molecule has 7 heteroatoms. The molecule has 0 aromatic heterocycles. The minimum atomic E-state index is -2.92. The van der Waals surface area contributed by atoms with Crippen molar-refractivity contribution in [1.29, 1.82) is 0 Å². The minimum absolute atomic E-state index is 0.222. The summed E-state index contributed by atoms with van der Waals surface area (Å²) < 4.78 is 32.8. The van der Waals surface area contributed by atoms with Crippen molar-refractivity contribution in [2.45, 2.75) is 102 Å². The van der Waals surface area contributed by atoms with Crippen LogP contribution in [0.3, 0.4) is 0 Å². The second-order valence-electron chi connectivity index (χ2n) is 11.9. The fourth-order valence-electron chi connectivity index (χ4n) is 6.07. The molecule has 0 amide bonds. The molecule has 0 spiro atoms. The lowest BCUT2D eigenvalue weighted by Gasteiger charge is -2.49. The summed E-state index contributed by atoms with van der Waals surface area (Å²) >= 11 is 0. The van der Waals surface area contributed by atoms with Crippen molar-refractivity contribution in [3.63, 3.8) is 0 Å². The van der Waals surface area contributed by atoms with E-state index in [4.69, 9.17) is 23.4 Å². The number of hydrogen-bond acceptors (Lipinski definition) is 6. The summed E-state index contributed by atoms with van der Waals surface area (Å²) in [5.74, 6) is -1.70. The Hall–Kier alpha value is -1.58. The highest BCUT2D eigenvalue weighted by atomic mass is 28.4. The normalized spacial score (nSPS) is 33.8. The predicted molar refractivity (Wildman–Crippen MR) is 136 cm³/mol. The molecule has 1 N–H and O–H groups in total. The van der Waals surface area contributed by atoms with Crippen molar-refractivity contribution in [3.05, 3.63) is 60.7 Å². The predicted octanol–water partition coefficient (Wildman–Crippen LogP) is 3.35. The lowest BCUT2D eigenvalue weighted by Crippen LogP contribution is -2.72. The molecule has 4 unspecified atom stereocenters. The molecule has 35 heavy (non-hydrogen) atoms. The van der Waals surface area contributed by atoms with Gasteiger partial charge in [0.05, 0.1) is 0 Å². The third-order valence-corrected chi connectivity index (χ3v) is 12.4. The highest BCUT2D eigenvalue weighted by Gasteiger charge is 2.65. The van der Waals surface area contributed by atoms with Crippen LogP contribution in [-0.2, 0) is 23.4 Å². The minimum Gasteiger partial charge on any atom is -0.399 e. The first kappa shape index (κ1) is 25.1. The number of ether oxygens (including phenoxy) is 4. The summed E-state index contributed by atoms with van der Waals surface area (Å²) in [5, 5.41) is 13.4. The van der Waals surface area contributed by atoms with E-state index in [0.29, 0.717) is 0 Å². The quantitative estimate of drug-likeness (QED) is 0.653. The molecule has 5 rings (SSSR count). The third kappa shape index (κ3) is 4.21. The lowest BCUT2D eigenvalue weighted by molar-refractivity contribution is -0.182. The molecule has 6 nitrogen and oxygen atoms in total. The van der Waals surface area contributed by atoms with Crippen LogP contribution in [0.1, 0.15) is 48.5 Å². The number of aliphatic hydroxyl groups excluding tert-OH is 1. The van der Waals surface area contributed by atoms with Gasteiger partial charge in [-0.2, -0.15) is 0 Å². The largest absolute Gasteiger partial charge is 0.399 e. The average Bonchev–Trinajstić information content (AvgIpc) is 3.29. The van der Waals surface area contributed by atoms with E-state index in [0.717, 1.165) is 0 Å². The van der Waals surface area contributed by atoms with Crippen LogP contribution in [0.15, 0.2) is 60.7 Å². The molecule has 3 fully saturated rings. The van der Waals surface area contributed by atoms with E-state index < -0.39 is 56.5 Å². The van der Waals surface area contributed by atoms with Crippen LogP contribution in [0.2, 0.25) is 5.04 Å². The van der Waals surface area contributed by atoms with Crippen molar-refractivity contribution in [1.82, 2.24) is 0 Å². The van der Waals surface area contributed by atoms with Gasteiger partial charge in [0, 0.05) is 0 Å². The van der Waals surface area contributed by atoms with Gasteiger partial charge in [-0.1, -0.05) is 81.4 Å². The molecule has 0 radical (unpaired) electrons. The second-order valence-corrected chi connectivity index (χ2v) is 16.1. The van der Waals surface area contributed by atoms with Gasteiger partial charge >= 0.3 is 0 Å². The van der Waals surface area contributed by atoms with Gasteiger partial charge in [-0.25, -0.2) is 0 Å². The van der Waals surface area contributed by atoms with E-state index in [1.54, 1.807) is 0 Å². The maximum Gasteiger partial charge on any atom is 0.261 e. The fraction of sp³-hybridized carbons (Fsp3) is 0.571. The maximum atomic E-state index is 11.3. The van der Waals surface area contributed by atoms with E-state index in [1.807, 2.05) is 39.8 Å². The SMILES string of the molecule is CC1(C)OC2C(O)[C@@H]3OC(C)(C)OC3C(O[Si](c3ccccc3)(c3ccccc3)C(C)(C)C)[C@@H]2O1. The molecule has 3 aliphatic rings. The molecule has 6 atom stereocenters. The van der Waals surface area contributed by atoms with Crippen molar-refractivity contribution in [2.24, 2.45) is 0 Å². The highest BCUT2D eigenvalue weighted by Crippen LogP contribution is 2.48. The van der Waals surface area contributed by atoms with Crippen molar-refractivity contribution < 1.29 is 28.5 Å². The van der Waals surface area contributed by atoms with Gasteiger partial charge in [-0.05, 0) is 43.1 Å². The molecule has 2 aliphatic heterocycles. The molecule has 190 valence electrons. The Bertz CT molecular complexity index is 963. The summed E-state index contributed by atoms with van der Waals surface area (Å²) in [4.78, 5) is 0. The third-order valence-electron chi connectivity index (χ3n) is 7.38. The van der Waals surface area contributed by atoms with E-state index in [9.17, 15) is 5.11 Å². The van der Waals surface area contributed by atoms with Crippen LogP contribution in [0.25, 0.3) is 0 Å². The monoisotopic (exact) mass is 498 g/mol. The number of fused-ring (bicyclic) bond motifs is 2. The van der Waals surface area contributed by atoms with Crippen LogP contribution in [0, 0.1) is 0 Å². The highest BCUT2D eigenvalue weighted by molar-refractivity contribution is 6.99. The van der Waals surface area contributed by atoms with Gasteiger partial charge in [0.2, 0.25) is 0 Å². The first-order valence-corrected chi connectivity index (χ1v) is 14.4. The van der Waals surface area contributed by atoms with Gasteiger partial charge in [0.25, 0.3) is 8.32 Å². The van der Waals surface area contributed by atoms with Crippen LogP contribution in [-0.4, -0.2) is 61.6 Å². The number of hydrogen-bond donors (Lipinski definition) is 1. The Kier molecular flexibility index (Phi) is 6.08. The Labute approximate surface area is 209 Å². The fourth-order valence-corrected chi connectivity index (χ4v) is 10.8. The van der Waals surface area contributed by atoms with Crippen LogP contribution in [0.5, 0.6) is 0 Å². The van der Waals surface area contributed by atoms with Crippen LogP contribution < -0.4 is 10.4 Å².